The van der Waals surface area contributed by atoms with Crippen LogP contribution >= 0.6 is 11.8 Å². The molecule has 0 bridgehead atoms. The first-order valence-electron chi connectivity index (χ1n) is 12.4. The van der Waals surface area contributed by atoms with Crippen LogP contribution < -0.4 is 19.5 Å². The highest BCUT2D eigenvalue weighted by Gasteiger charge is 2.42. The minimum atomic E-state index is -0.591. The van der Waals surface area contributed by atoms with Crippen molar-refractivity contribution >= 4 is 28.8 Å². The number of esters is 1. The number of hydrogen-bond donors (Lipinski definition) is 1. The number of allylic oxidation sites excluding steroid dienone is 1. The average molecular weight is 552 g/mol. The topological polar surface area (TPSA) is 108 Å². The molecule has 0 aromatic heterocycles. The lowest BCUT2D eigenvalue weighted by molar-refractivity contribution is -0.141. The van der Waals surface area contributed by atoms with Gasteiger partial charge in [-0.1, -0.05) is 36.0 Å². The van der Waals surface area contributed by atoms with E-state index in [9.17, 15) is 9.59 Å². The zero-order valence-electron chi connectivity index (χ0n) is 21.9. The number of carbonyl (C=O) groups excluding carboxylic acids is 2. The van der Waals surface area contributed by atoms with Crippen LogP contribution in [0.25, 0.3) is 0 Å². The number of nitrogens with zero attached hydrogens (tertiary/aromatic N) is 2. The fourth-order valence-electron chi connectivity index (χ4n) is 4.59. The van der Waals surface area contributed by atoms with E-state index >= 15 is 0 Å². The number of methoxy groups -OCH3 is 2. The molecular formula is C28H29N3O7S. The summed E-state index contributed by atoms with van der Waals surface area (Å²) in [6.07, 6.45) is 0.0905. The van der Waals surface area contributed by atoms with Crippen LogP contribution in [0.5, 0.6) is 17.2 Å². The van der Waals surface area contributed by atoms with Gasteiger partial charge in [0.15, 0.2) is 16.7 Å². The highest BCUT2D eigenvalue weighted by Crippen LogP contribution is 2.46. The molecule has 1 atom stereocenters. The van der Waals surface area contributed by atoms with E-state index in [0.29, 0.717) is 45.9 Å². The van der Waals surface area contributed by atoms with E-state index in [1.807, 2.05) is 52.8 Å². The quantitative estimate of drug-likeness (QED) is 0.348. The van der Waals surface area contributed by atoms with Gasteiger partial charge in [-0.25, -0.2) is 9.79 Å². The number of hydrogen-bond acceptors (Lipinski definition) is 10. The van der Waals surface area contributed by atoms with Gasteiger partial charge >= 0.3 is 5.97 Å². The van der Waals surface area contributed by atoms with Crippen molar-refractivity contribution in [1.82, 2.24) is 10.2 Å². The number of carbonyl (C=O) groups is 2. The predicted octanol–water partition coefficient (Wildman–Crippen LogP) is 3.89. The Bertz CT molecular complexity index is 1370. The van der Waals surface area contributed by atoms with E-state index in [1.54, 1.807) is 21.1 Å². The first kappa shape index (κ1) is 26.6. The Hall–Kier alpha value is -3.96. The summed E-state index contributed by atoms with van der Waals surface area (Å²) in [6, 6.07) is 12.5. The van der Waals surface area contributed by atoms with Crippen LogP contribution in [0.3, 0.4) is 0 Å². The summed E-state index contributed by atoms with van der Waals surface area (Å²) in [7, 11) is 3.13. The molecule has 0 unspecified atom stereocenters. The minimum Gasteiger partial charge on any atom is -0.496 e. The third-order valence-corrected chi connectivity index (χ3v) is 7.33. The molecule has 3 aliphatic rings. The lowest BCUT2D eigenvalue weighted by Crippen LogP contribution is -2.38. The molecule has 1 amide bonds. The number of amides is 1. The van der Waals surface area contributed by atoms with Crippen LogP contribution in [-0.2, 0) is 25.6 Å². The van der Waals surface area contributed by atoms with E-state index in [4.69, 9.17) is 28.7 Å². The fourth-order valence-corrected chi connectivity index (χ4v) is 5.56. The zero-order chi connectivity index (χ0) is 27.4. The van der Waals surface area contributed by atoms with Crippen molar-refractivity contribution in [3.8, 4) is 17.2 Å². The van der Waals surface area contributed by atoms with E-state index in [2.05, 4.69) is 5.32 Å². The first-order valence-corrected chi connectivity index (χ1v) is 13.3. The third-order valence-electron chi connectivity index (χ3n) is 6.44. The van der Waals surface area contributed by atoms with Gasteiger partial charge in [0.2, 0.25) is 12.7 Å². The van der Waals surface area contributed by atoms with Crippen molar-refractivity contribution in [2.45, 2.75) is 25.9 Å². The smallest absolute Gasteiger partial charge is 0.338 e. The van der Waals surface area contributed by atoms with Crippen molar-refractivity contribution in [3.63, 3.8) is 0 Å². The lowest BCUT2D eigenvalue weighted by Gasteiger charge is -2.36. The van der Waals surface area contributed by atoms with Crippen molar-refractivity contribution in [2.75, 3.05) is 34.2 Å². The highest BCUT2D eigenvalue weighted by atomic mass is 32.2. The lowest BCUT2D eigenvalue weighted by atomic mass is 9.93. The molecule has 2 aromatic carbocycles. The Morgan fingerprint density at radius 1 is 1.13 bits per heavy atom. The summed E-state index contributed by atoms with van der Waals surface area (Å²) in [5.41, 5.74) is 3.31. The van der Waals surface area contributed by atoms with Crippen molar-refractivity contribution in [3.05, 3.63) is 76.0 Å². The van der Waals surface area contributed by atoms with E-state index in [0.717, 1.165) is 11.1 Å². The van der Waals surface area contributed by atoms with Crippen LogP contribution in [0.1, 0.15) is 30.5 Å². The Morgan fingerprint density at radius 3 is 2.77 bits per heavy atom. The molecule has 3 aliphatic heterocycles. The van der Waals surface area contributed by atoms with Crippen LogP contribution in [-0.4, -0.2) is 56.2 Å². The molecule has 11 heteroatoms. The van der Waals surface area contributed by atoms with E-state index < -0.39 is 12.0 Å². The number of ether oxygens (including phenoxy) is 5. The predicted molar refractivity (Wildman–Crippen MR) is 145 cm³/mol. The van der Waals surface area contributed by atoms with E-state index in [1.165, 1.54) is 11.8 Å². The number of rotatable bonds is 10. The molecule has 0 saturated carbocycles. The van der Waals surface area contributed by atoms with Crippen LogP contribution in [0, 0.1) is 0 Å². The average Bonchev–Trinajstić information content (AvgIpc) is 3.57. The molecule has 0 saturated heterocycles. The largest absolute Gasteiger partial charge is 0.496 e. The Morgan fingerprint density at radius 2 is 1.95 bits per heavy atom. The van der Waals surface area contributed by atoms with E-state index in [-0.39, 0.29) is 32.3 Å². The van der Waals surface area contributed by atoms with Gasteiger partial charge in [-0.15, -0.1) is 0 Å². The van der Waals surface area contributed by atoms with Gasteiger partial charge in [0, 0.05) is 24.9 Å². The van der Waals surface area contributed by atoms with Crippen molar-refractivity contribution < 1.29 is 33.3 Å². The minimum absolute atomic E-state index is 0.0905. The number of nitrogens with one attached hydrogen (secondary N) is 1. The maximum atomic E-state index is 13.3. The Kier molecular flexibility index (Phi) is 8.08. The second-order valence-electron chi connectivity index (χ2n) is 8.90. The second kappa shape index (κ2) is 11.8. The maximum absolute atomic E-state index is 13.3. The van der Waals surface area contributed by atoms with Gasteiger partial charge in [0.05, 0.1) is 37.4 Å². The molecule has 204 valence electrons. The summed E-state index contributed by atoms with van der Waals surface area (Å²) in [5.74, 6) is 1.30. The molecule has 0 radical (unpaired) electrons. The molecular weight excluding hydrogens is 522 g/mol. The highest BCUT2D eigenvalue weighted by molar-refractivity contribution is 8.16. The number of benzene rings is 2. The van der Waals surface area contributed by atoms with Crippen LogP contribution in [0.4, 0.5) is 0 Å². The molecule has 3 heterocycles. The van der Waals surface area contributed by atoms with Gasteiger partial charge < -0.3 is 33.9 Å². The number of aliphatic imine (C=N–C) groups is 1. The molecule has 0 fully saturated rings. The molecule has 0 spiro atoms. The standard InChI is InChI=1S/C28H29N3O7S/c1-17-25(27(33)36-11-10-34-2)26(20-6-4-5-7-21(20)35-3)31-19(15-39-28(31)30-17)13-24(32)29-14-18-8-9-22-23(12-18)38-16-37-22/h4-9,12,15,26H,10-11,13-14,16H2,1-3H3,(H,29,32)/t26-/m1/s1. The van der Waals surface area contributed by atoms with Gasteiger partial charge in [-0.05, 0) is 36.1 Å². The van der Waals surface area contributed by atoms with Crippen molar-refractivity contribution in [2.24, 2.45) is 4.99 Å². The van der Waals surface area contributed by atoms with Crippen molar-refractivity contribution in [1.29, 1.82) is 0 Å². The fraction of sp³-hybridized carbons (Fsp3) is 0.321. The number of thioether (sulfide) groups is 1. The van der Waals surface area contributed by atoms with Crippen LogP contribution in [0.15, 0.2) is 69.8 Å². The molecule has 10 nitrogen and oxygen atoms in total. The summed E-state index contributed by atoms with van der Waals surface area (Å²) >= 11 is 1.41. The summed E-state index contributed by atoms with van der Waals surface area (Å²) in [4.78, 5) is 33.0. The van der Waals surface area contributed by atoms with Gasteiger partial charge in [-0.3, -0.25) is 4.79 Å². The Balaban J connectivity index is 1.38. The molecule has 0 aliphatic carbocycles. The molecule has 1 N–H and O–H groups in total. The molecule has 5 rings (SSSR count). The number of para-hydroxylation sites is 1. The first-order chi connectivity index (χ1) is 19.0. The summed E-state index contributed by atoms with van der Waals surface area (Å²) in [6.45, 7) is 2.71. The number of fused-ring (bicyclic) bond motifs is 2. The summed E-state index contributed by atoms with van der Waals surface area (Å²) in [5, 5.41) is 5.55. The van der Waals surface area contributed by atoms with Gasteiger partial charge in [0.1, 0.15) is 12.4 Å². The Labute approximate surface area is 230 Å². The number of amidine groups is 1. The normalized spacial score (nSPS) is 17.4. The molecule has 2 aromatic rings. The van der Waals surface area contributed by atoms with Crippen LogP contribution in [0.2, 0.25) is 0 Å². The van der Waals surface area contributed by atoms with Gasteiger partial charge in [0.25, 0.3) is 0 Å². The zero-order valence-corrected chi connectivity index (χ0v) is 22.7. The molecule has 39 heavy (non-hydrogen) atoms. The maximum Gasteiger partial charge on any atom is 0.338 e. The summed E-state index contributed by atoms with van der Waals surface area (Å²) < 4.78 is 27.0. The van der Waals surface area contributed by atoms with Gasteiger partial charge in [-0.2, -0.15) is 0 Å². The second-order valence-corrected chi connectivity index (χ2v) is 9.74. The SMILES string of the molecule is COCCOC(=O)C1=C(C)N=C2SC=C(CC(=O)NCc3ccc4c(c3)OCO4)N2[C@@H]1c1ccccc1OC. The monoisotopic (exact) mass is 551 g/mol. The third kappa shape index (κ3) is 5.59.